The molecule has 1 fully saturated rings. The topological polar surface area (TPSA) is 62.9 Å². The third-order valence-electron chi connectivity index (χ3n) is 3.66. The van der Waals surface area contributed by atoms with Gasteiger partial charge in [-0.3, -0.25) is 0 Å². The highest BCUT2D eigenvalue weighted by Crippen LogP contribution is 2.25. The molecular weight excluding hydrogens is 258 g/mol. The first-order valence-electron chi connectivity index (χ1n) is 7.78. The molecule has 0 saturated heterocycles. The molecule has 1 aliphatic rings. The first kappa shape index (κ1) is 17.9. The zero-order valence-electron chi connectivity index (χ0n) is 12.9. The summed E-state index contributed by atoms with van der Waals surface area (Å²) >= 11 is 0. The molecule has 0 aromatic rings. The first-order chi connectivity index (χ1) is 9.77. The highest BCUT2D eigenvalue weighted by atomic mass is 16.6. The van der Waals surface area contributed by atoms with Crippen LogP contribution < -0.4 is 5.73 Å². The molecule has 20 heavy (non-hydrogen) atoms. The van der Waals surface area contributed by atoms with Gasteiger partial charge < -0.3 is 24.7 Å². The minimum Gasteiger partial charge on any atom is -0.382 e. The summed E-state index contributed by atoms with van der Waals surface area (Å²) in [5.41, 5.74) is 6.26. The van der Waals surface area contributed by atoms with Gasteiger partial charge in [0.1, 0.15) is 0 Å². The number of nitrogens with two attached hydrogens (primary N) is 1. The molecule has 1 saturated carbocycles. The van der Waals surface area contributed by atoms with Crippen LogP contribution in [-0.4, -0.2) is 58.9 Å². The van der Waals surface area contributed by atoms with E-state index < -0.39 is 0 Å². The fourth-order valence-electron chi connectivity index (χ4n) is 2.43. The second-order valence-corrected chi connectivity index (χ2v) is 5.55. The van der Waals surface area contributed by atoms with Crippen LogP contribution in [0.4, 0.5) is 0 Å². The molecule has 0 spiro atoms. The van der Waals surface area contributed by atoms with E-state index >= 15 is 0 Å². The van der Waals surface area contributed by atoms with Gasteiger partial charge in [-0.25, -0.2) is 0 Å². The van der Waals surface area contributed by atoms with E-state index in [1.807, 2.05) is 0 Å². The zero-order chi connectivity index (χ0) is 14.5. The van der Waals surface area contributed by atoms with E-state index in [1.54, 1.807) is 7.11 Å². The Morgan fingerprint density at radius 2 is 1.25 bits per heavy atom. The van der Waals surface area contributed by atoms with Gasteiger partial charge in [-0.1, -0.05) is 25.7 Å². The van der Waals surface area contributed by atoms with Crippen molar-refractivity contribution in [3.63, 3.8) is 0 Å². The van der Waals surface area contributed by atoms with E-state index in [2.05, 4.69) is 0 Å². The van der Waals surface area contributed by atoms with E-state index in [0.717, 1.165) is 12.8 Å². The largest absolute Gasteiger partial charge is 0.382 e. The molecular formula is C15H31NO4. The van der Waals surface area contributed by atoms with Crippen LogP contribution in [-0.2, 0) is 18.9 Å². The summed E-state index contributed by atoms with van der Waals surface area (Å²) in [6.45, 7) is 4.31. The maximum Gasteiger partial charge on any atom is 0.0701 e. The van der Waals surface area contributed by atoms with Crippen LogP contribution >= 0.6 is 0 Å². The minimum absolute atomic E-state index is 0.111. The van der Waals surface area contributed by atoms with Crippen LogP contribution in [0, 0.1) is 0 Å². The maximum atomic E-state index is 6.37. The standard InChI is InChI=1S/C15H31NO4/c1-17-8-9-18-10-11-19-12-13-20-14-15(16)6-4-2-3-5-7-15/h2-14,16H2,1H3. The Morgan fingerprint density at radius 3 is 1.80 bits per heavy atom. The molecule has 0 radical (unpaired) electrons. The summed E-state index contributed by atoms with van der Waals surface area (Å²) in [6.07, 6.45) is 7.25. The van der Waals surface area contributed by atoms with E-state index in [9.17, 15) is 0 Å². The zero-order valence-corrected chi connectivity index (χ0v) is 12.9. The molecule has 1 rings (SSSR count). The Morgan fingerprint density at radius 1 is 0.750 bits per heavy atom. The van der Waals surface area contributed by atoms with Gasteiger partial charge in [-0.05, 0) is 12.8 Å². The Labute approximate surface area is 123 Å². The van der Waals surface area contributed by atoms with E-state index in [0.29, 0.717) is 46.2 Å². The molecule has 0 heterocycles. The molecule has 0 atom stereocenters. The maximum absolute atomic E-state index is 6.37. The summed E-state index contributed by atoms with van der Waals surface area (Å²) in [7, 11) is 1.66. The summed E-state index contributed by atoms with van der Waals surface area (Å²) in [5.74, 6) is 0. The third-order valence-corrected chi connectivity index (χ3v) is 3.66. The van der Waals surface area contributed by atoms with Gasteiger partial charge >= 0.3 is 0 Å². The highest BCUT2D eigenvalue weighted by molar-refractivity contribution is 4.85. The van der Waals surface area contributed by atoms with Crippen LogP contribution in [0.5, 0.6) is 0 Å². The van der Waals surface area contributed by atoms with Gasteiger partial charge in [0.25, 0.3) is 0 Å². The molecule has 0 aliphatic heterocycles. The SMILES string of the molecule is COCCOCCOCCOCC1(N)CCCCCC1. The van der Waals surface area contributed by atoms with Gasteiger partial charge in [-0.15, -0.1) is 0 Å². The smallest absolute Gasteiger partial charge is 0.0701 e. The Hall–Kier alpha value is -0.200. The Kier molecular flexibility index (Phi) is 10.2. The molecule has 0 aromatic heterocycles. The fraction of sp³-hybridized carbons (Fsp3) is 1.00. The van der Waals surface area contributed by atoms with Gasteiger partial charge in [0.15, 0.2) is 0 Å². The van der Waals surface area contributed by atoms with Crippen molar-refractivity contribution in [2.24, 2.45) is 5.73 Å². The lowest BCUT2D eigenvalue weighted by atomic mass is 9.93. The number of rotatable bonds is 11. The van der Waals surface area contributed by atoms with Crippen molar-refractivity contribution in [3.8, 4) is 0 Å². The summed E-state index contributed by atoms with van der Waals surface area (Å²) in [4.78, 5) is 0. The highest BCUT2D eigenvalue weighted by Gasteiger charge is 2.26. The van der Waals surface area contributed by atoms with E-state index in [4.69, 9.17) is 24.7 Å². The molecule has 1 aliphatic carbocycles. The van der Waals surface area contributed by atoms with Crippen molar-refractivity contribution in [1.82, 2.24) is 0 Å². The fourth-order valence-corrected chi connectivity index (χ4v) is 2.43. The number of methoxy groups -OCH3 is 1. The summed E-state index contributed by atoms with van der Waals surface area (Å²) < 4.78 is 21.3. The molecule has 0 amide bonds. The van der Waals surface area contributed by atoms with Crippen molar-refractivity contribution in [1.29, 1.82) is 0 Å². The molecule has 0 unspecified atom stereocenters. The molecule has 5 heteroatoms. The number of hydrogen-bond acceptors (Lipinski definition) is 5. The second kappa shape index (κ2) is 11.5. The van der Waals surface area contributed by atoms with Crippen LogP contribution in [0.2, 0.25) is 0 Å². The van der Waals surface area contributed by atoms with Gasteiger partial charge in [0.2, 0.25) is 0 Å². The van der Waals surface area contributed by atoms with Gasteiger partial charge in [0, 0.05) is 12.6 Å². The monoisotopic (exact) mass is 289 g/mol. The Balaban J connectivity index is 1.88. The third kappa shape index (κ3) is 8.87. The van der Waals surface area contributed by atoms with Crippen LogP contribution in [0.3, 0.4) is 0 Å². The van der Waals surface area contributed by atoms with E-state index in [1.165, 1.54) is 25.7 Å². The second-order valence-electron chi connectivity index (χ2n) is 5.55. The van der Waals surface area contributed by atoms with E-state index in [-0.39, 0.29) is 5.54 Å². The quantitative estimate of drug-likeness (QED) is 0.463. The molecule has 120 valence electrons. The normalized spacial score (nSPS) is 18.9. The average Bonchev–Trinajstić information content (AvgIpc) is 2.66. The lowest BCUT2D eigenvalue weighted by Gasteiger charge is -2.27. The first-order valence-corrected chi connectivity index (χ1v) is 7.78. The predicted molar refractivity (Wildman–Crippen MR) is 79.0 cm³/mol. The lowest BCUT2D eigenvalue weighted by Crippen LogP contribution is -2.44. The minimum atomic E-state index is -0.111. The summed E-state index contributed by atoms with van der Waals surface area (Å²) in [5, 5.41) is 0. The van der Waals surface area contributed by atoms with Crippen molar-refractivity contribution in [2.75, 3.05) is 53.4 Å². The van der Waals surface area contributed by atoms with Crippen molar-refractivity contribution in [2.45, 2.75) is 44.1 Å². The van der Waals surface area contributed by atoms with Crippen LogP contribution in [0.25, 0.3) is 0 Å². The van der Waals surface area contributed by atoms with Crippen LogP contribution in [0.1, 0.15) is 38.5 Å². The Bertz CT molecular complexity index is 218. The number of ether oxygens (including phenoxy) is 4. The average molecular weight is 289 g/mol. The van der Waals surface area contributed by atoms with Crippen molar-refractivity contribution in [3.05, 3.63) is 0 Å². The predicted octanol–water partition coefficient (Wildman–Crippen LogP) is 1.73. The molecule has 0 bridgehead atoms. The molecule has 5 nitrogen and oxygen atoms in total. The molecule has 0 aromatic carbocycles. The summed E-state index contributed by atoms with van der Waals surface area (Å²) in [6, 6.07) is 0. The number of hydrogen-bond donors (Lipinski definition) is 1. The van der Waals surface area contributed by atoms with Crippen molar-refractivity contribution < 1.29 is 18.9 Å². The lowest BCUT2D eigenvalue weighted by molar-refractivity contribution is -0.00510. The van der Waals surface area contributed by atoms with Crippen LogP contribution in [0.15, 0.2) is 0 Å². The molecule has 2 N–H and O–H groups in total. The van der Waals surface area contributed by atoms with Crippen molar-refractivity contribution >= 4 is 0 Å². The van der Waals surface area contributed by atoms with Gasteiger partial charge in [0.05, 0.1) is 46.2 Å². The van der Waals surface area contributed by atoms with Gasteiger partial charge in [-0.2, -0.15) is 0 Å².